The van der Waals surface area contributed by atoms with E-state index in [1.54, 1.807) is 4.68 Å². The fraction of sp³-hybridized carbons (Fsp3) is 0.267. The molecule has 1 aromatic carbocycles. The molecule has 126 valence electrons. The van der Waals surface area contributed by atoms with Crippen LogP contribution in [-0.4, -0.2) is 19.9 Å². The van der Waals surface area contributed by atoms with Crippen molar-refractivity contribution in [3.8, 4) is 23.0 Å². The maximum absolute atomic E-state index is 12.6. The van der Waals surface area contributed by atoms with E-state index in [4.69, 9.17) is 4.52 Å². The van der Waals surface area contributed by atoms with E-state index in [0.717, 1.165) is 22.3 Å². The van der Waals surface area contributed by atoms with Crippen LogP contribution in [0.1, 0.15) is 18.2 Å². The van der Waals surface area contributed by atoms with Crippen molar-refractivity contribution in [1.29, 1.82) is 0 Å². The topological polar surface area (TPSA) is 56.7 Å². The SMILES string of the molecule is CCn1nc(C)c(Br)c1-c1nc(-c2ccc(C(F)(F)F)cc2)no1. The number of halogens is 4. The van der Waals surface area contributed by atoms with Gasteiger partial charge >= 0.3 is 6.18 Å². The van der Waals surface area contributed by atoms with E-state index >= 15 is 0 Å². The van der Waals surface area contributed by atoms with Crippen LogP contribution in [0.25, 0.3) is 23.0 Å². The summed E-state index contributed by atoms with van der Waals surface area (Å²) < 4.78 is 45.6. The Morgan fingerprint density at radius 1 is 1.21 bits per heavy atom. The molecule has 0 fully saturated rings. The smallest absolute Gasteiger partial charge is 0.332 e. The van der Waals surface area contributed by atoms with Crippen LogP contribution in [0.2, 0.25) is 0 Å². The van der Waals surface area contributed by atoms with Gasteiger partial charge < -0.3 is 4.52 Å². The monoisotopic (exact) mass is 400 g/mol. The summed E-state index contributed by atoms with van der Waals surface area (Å²) in [5.41, 5.74) is 1.13. The first-order valence-electron chi connectivity index (χ1n) is 7.06. The summed E-state index contributed by atoms with van der Waals surface area (Å²) in [5, 5.41) is 8.19. The summed E-state index contributed by atoms with van der Waals surface area (Å²) in [6.07, 6.45) is -4.38. The standard InChI is InChI=1S/C15H12BrF3N4O/c1-3-23-12(11(16)8(2)21-23)14-20-13(22-24-14)9-4-6-10(7-5-9)15(17,18)19/h4-7H,3H2,1-2H3. The minimum atomic E-state index is -4.38. The lowest BCUT2D eigenvalue weighted by atomic mass is 10.1. The Morgan fingerprint density at radius 2 is 1.88 bits per heavy atom. The van der Waals surface area contributed by atoms with Crippen molar-refractivity contribution in [2.45, 2.75) is 26.6 Å². The van der Waals surface area contributed by atoms with Crippen LogP contribution < -0.4 is 0 Å². The largest absolute Gasteiger partial charge is 0.416 e. The maximum atomic E-state index is 12.6. The molecule has 3 rings (SSSR count). The van der Waals surface area contributed by atoms with Crippen LogP contribution in [0, 0.1) is 6.92 Å². The summed E-state index contributed by atoms with van der Waals surface area (Å²) in [4.78, 5) is 4.28. The van der Waals surface area contributed by atoms with Gasteiger partial charge in [-0.1, -0.05) is 17.3 Å². The predicted octanol–water partition coefficient (Wildman–Crippen LogP) is 4.71. The molecule has 0 aliphatic rings. The molecule has 3 aromatic rings. The van der Waals surface area contributed by atoms with Crippen LogP contribution >= 0.6 is 15.9 Å². The Hall–Kier alpha value is -2.16. The van der Waals surface area contributed by atoms with E-state index in [-0.39, 0.29) is 11.7 Å². The predicted molar refractivity (Wildman–Crippen MR) is 84.1 cm³/mol. The van der Waals surface area contributed by atoms with Crippen molar-refractivity contribution in [2.24, 2.45) is 0 Å². The number of aromatic nitrogens is 4. The Balaban J connectivity index is 1.97. The van der Waals surface area contributed by atoms with E-state index in [0.29, 0.717) is 17.8 Å². The lowest BCUT2D eigenvalue weighted by Gasteiger charge is -2.05. The number of nitrogens with zero attached hydrogens (tertiary/aromatic N) is 4. The van der Waals surface area contributed by atoms with E-state index < -0.39 is 11.7 Å². The summed E-state index contributed by atoms with van der Waals surface area (Å²) >= 11 is 3.44. The molecule has 24 heavy (non-hydrogen) atoms. The number of rotatable bonds is 3. The molecule has 2 heterocycles. The van der Waals surface area contributed by atoms with Crippen molar-refractivity contribution < 1.29 is 17.7 Å². The van der Waals surface area contributed by atoms with Gasteiger partial charge in [0.25, 0.3) is 5.89 Å². The first kappa shape index (κ1) is 16.7. The van der Waals surface area contributed by atoms with Gasteiger partial charge in [0.2, 0.25) is 5.82 Å². The number of aryl methyl sites for hydroxylation is 2. The molecule has 0 saturated heterocycles. The summed E-state index contributed by atoms with van der Waals surface area (Å²) in [7, 11) is 0. The molecule has 0 bridgehead atoms. The molecule has 0 aliphatic carbocycles. The highest BCUT2D eigenvalue weighted by Crippen LogP contribution is 2.33. The van der Waals surface area contributed by atoms with E-state index in [1.165, 1.54) is 12.1 Å². The van der Waals surface area contributed by atoms with E-state index in [9.17, 15) is 13.2 Å². The lowest BCUT2D eigenvalue weighted by Crippen LogP contribution is -2.04. The van der Waals surface area contributed by atoms with Crippen LogP contribution in [-0.2, 0) is 12.7 Å². The molecule has 0 atom stereocenters. The molecule has 0 aliphatic heterocycles. The Bertz CT molecular complexity index is 868. The van der Waals surface area contributed by atoms with Crippen LogP contribution in [0.3, 0.4) is 0 Å². The van der Waals surface area contributed by atoms with Gasteiger partial charge in [0.1, 0.15) is 5.69 Å². The summed E-state index contributed by atoms with van der Waals surface area (Å²) in [5.74, 6) is 0.464. The molecule has 0 spiro atoms. The van der Waals surface area contributed by atoms with Crippen LogP contribution in [0.15, 0.2) is 33.3 Å². The molecule has 0 amide bonds. The first-order chi connectivity index (χ1) is 11.3. The zero-order valence-electron chi connectivity index (χ0n) is 12.7. The number of hydrogen-bond acceptors (Lipinski definition) is 4. The normalized spacial score (nSPS) is 11.9. The van der Waals surface area contributed by atoms with Crippen molar-refractivity contribution in [3.05, 3.63) is 40.0 Å². The summed E-state index contributed by atoms with van der Waals surface area (Å²) in [6, 6.07) is 4.60. The second-order valence-electron chi connectivity index (χ2n) is 5.06. The third-order valence-corrected chi connectivity index (χ3v) is 4.40. The molecule has 2 aromatic heterocycles. The minimum absolute atomic E-state index is 0.215. The molecule has 0 saturated carbocycles. The lowest BCUT2D eigenvalue weighted by molar-refractivity contribution is -0.137. The first-order valence-corrected chi connectivity index (χ1v) is 7.85. The molecular weight excluding hydrogens is 389 g/mol. The number of alkyl halides is 3. The Labute approximate surface area is 143 Å². The quantitative estimate of drug-likeness (QED) is 0.638. The van der Waals surface area contributed by atoms with Gasteiger partial charge in [-0.25, -0.2) is 0 Å². The minimum Gasteiger partial charge on any atom is -0.332 e. The third-order valence-electron chi connectivity index (χ3n) is 3.45. The van der Waals surface area contributed by atoms with Crippen LogP contribution in [0.4, 0.5) is 13.2 Å². The molecular formula is C15H12BrF3N4O. The molecule has 5 nitrogen and oxygen atoms in total. The molecule has 0 unspecified atom stereocenters. The number of benzene rings is 1. The van der Waals surface area contributed by atoms with E-state index in [2.05, 4.69) is 31.2 Å². The van der Waals surface area contributed by atoms with Gasteiger partial charge in [0.05, 0.1) is 15.7 Å². The van der Waals surface area contributed by atoms with Crippen LogP contribution in [0.5, 0.6) is 0 Å². The Morgan fingerprint density at radius 3 is 2.46 bits per heavy atom. The van der Waals surface area contributed by atoms with Gasteiger partial charge in [0.15, 0.2) is 0 Å². The fourth-order valence-electron chi connectivity index (χ4n) is 2.24. The van der Waals surface area contributed by atoms with Gasteiger partial charge in [0, 0.05) is 12.1 Å². The second-order valence-corrected chi connectivity index (χ2v) is 5.86. The highest BCUT2D eigenvalue weighted by Gasteiger charge is 2.30. The zero-order chi connectivity index (χ0) is 17.5. The van der Waals surface area contributed by atoms with Crippen molar-refractivity contribution in [1.82, 2.24) is 19.9 Å². The van der Waals surface area contributed by atoms with Gasteiger partial charge in [-0.05, 0) is 41.9 Å². The third kappa shape index (κ3) is 2.95. The van der Waals surface area contributed by atoms with E-state index in [1.807, 2.05) is 13.8 Å². The average Bonchev–Trinajstić information content (AvgIpc) is 3.12. The highest BCUT2D eigenvalue weighted by atomic mass is 79.9. The molecule has 9 heteroatoms. The second kappa shape index (κ2) is 6.04. The van der Waals surface area contributed by atoms with Gasteiger partial charge in [-0.3, -0.25) is 4.68 Å². The molecule has 0 N–H and O–H groups in total. The fourth-order valence-corrected chi connectivity index (χ4v) is 2.69. The summed E-state index contributed by atoms with van der Waals surface area (Å²) in [6.45, 7) is 4.38. The highest BCUT2D eigenvalue weighted by molar-refractivity contribution is 9.10. The zero-order valence-corrected chi connectivity index (χ0v) is 14.3. The number of hydrogen-bond donors (Lipinski definition) is 0. The van der Waals surface area contributed by atoms with Crippen molar-refractivity contribution in [3.63, 3.8) is 0 Å². The Kier molecular flexibility index (Phi) is 4.20. The average molecular weight is 401 g/mol. The van der Waals surface area contributed by atoms with Crippen molar-refractivity contribution >= 4 is 15.9 Å². The maximum Gasteiger partial charge on any atom is 0.416 e. The van der Waals surface area contributed by atoms with Gasteiger partial charge in [-0.15, -0.1) is 0 Å². The van der Waals surface area contributed by atoms with Gasteiger partial charge in [-0.2, -0.15) is 23.3 Å². The molecule has 0 radical (unpaired) electrons. The van der Waals surface area contributed by atoms with Crippen molar-refractivity contribution in [2.75, 3.05) is 0 Å².